The molecule has 1 fully saturated rings. The van der Waals surface area contributed by atoms with Gasteiger partial charge >= 0.3 is 0 Å². The van der Waals surface area contributed by atoms with Crippen molar-refractivity contribution < 1.29 is 9.84 Å². The fourth-order valence-electron chi connectivity index (χ4n) is 2.29. The molecule has 1 N–H and O–H groups in total. The van der Waals surface area contributed by atoms with Crippen molar-refractivity contribution in [3.8, 4) is 0 Å². The minimum absolute atomic E-state index is 0.167. The molecule has 0 aromatic carbocycles. The van der Waals surface area contributed by atoms with Crippen LogP contribution in [0.1, 0.15) is 46.5 Å². The van der Waals surface area contributed by atoms with E-state index in [0.29, 0.717) is 13.2 Å². The van der Waals surface area contributed by atoms with Crippen LogP contribution in [0, 0.1) is 0 Å². The Morgan fingerprint density at radius 1 is 1.19 bits per heavy atom. The molecular formula is C13H27NO2. The van der Waals surface area contributed by atoms with Gasteiger partial charge in [-0.15, -0.1) is 0 Å². The smallest absolute Gasteiger partial charge is 0.0951 e. The van der Waals surface area contributed by atoms with Gasteiger partial charge in [0.1, 0.15) is 0 Å². The van der Waals surface area contributed by atoms with Crippen LogP contribution in [-0.4, -0.2) is 48.0 Å². The third-order valence-electron chi connectivity index (χ3n) is 3.72. The summed E-state index contributed by atoms with van der Waals surface area (Å²) < 4.78 is 5.33. The van der Waals surface area contributed by atoms with Gasteiger partial charge in [-0.1, -0.05) is 12.8 Å². The highest BCUT2D eigenvalue weighted by Crippen LogP contribution is 2.23. The fraction of sp³-hybridized carbons (Fsp3) is 1.00. The van der Waals surface area contributed by atoms with E-state index in [2.05, 4.69) is 18.7 Å². The number of hydrogen-bond acceptors (Lipinski definition) is 3. The number of nitrogens with zero attached hydrogens (tertiary/aromatic N) is 1. The first-order valence-electron chi connectivity index (χ1n) is 6.60. The van der Waals surface area contributed by atoms with Gasteiger partial charge in [-0.05, 0) is 46.7 Å². The van der Waals surface area contributed by atoms with Crippen molar-refractivity contribution in [3.63, 3.8) is 0 Å². The first-order valence-corrected chi connectivity index (χ1v) is 6.60. The zero-order valence-electron chi connectivity index (χ0n) is 11.0. The summed E-state index contributed by atoms with van der Waals surface area (Å²) in [4.78, 5) is 2.42. The lowest BCUT2D eigenvalue weighted by Gasteiger charge is -2.41. The Balaban J connectivity index is 2.51. The van der Waals surface area contributed by atoms with Crippen LogP contribution in [0.2, 0.25) is 0 Å². The van der Waals surface area contributed by atoms with E-state index in [9.17, 15) is 5.11 Å². The minimum Gasteiger partial charge on any atom is -0.389 e. The molecule has 3 heteroatoms. The van der Waals surface area contributed by atoms with Gasteiger partial charge in [-0.3, -0.25) is 4.90 Å². The van der Waals surface area contributed by atoms with Crippen molar-refractivity contribution >= 4 is 0 Å². The highest BCUT2D eigenvalue weighted by atomic mass is 16.5. The molecule has 1 unspecified atom stereocenters. The SMILES string of the molecule is CCOCC(O)C(C)(C)N1CCCCCC1. The van der Waals surface area contributed by atoms with Crippen LogP contribution in [0.5, 0.6) is 0 Å². The summed E-state index contributed by atoms with van der Waals surface area (Å²) in [5, 5.41) is 10.2. The fourth-order valence-corrected chi connectivity index (χ4v) is 2.29. The molecule has 0 aromatic rings. The van der Waals surface area contributed by atoms with Crippen LogP contribution in [0.25, 0.3) is 0 Å². The average Bonchev–Trinajstić information content (AvgIpc) is 2.54. The molecule has 96 valence electrons. The highest BCUT2D eigenvalue weighted by Gasteiger charge is 2.34. The van der Waals surface area contributed by atoms with Crippen LogP contribution in [0.4, 0.5) is 0 Å². The quantitative estimate of drug-likeness (QED) is 0.783. The standard InChI is InChI=1S/C13H27NO2/c1-4-16-11-12(15)13(2,3)14-9-7-5-6-8-10-14/h12,15H,4-11H2,1-3H3. The second kappa shape index (κ2) is 6.58. The van der Waals surface area contributed by atoms with Crippen molar-refractivity contribution in [1.82, 2.24) is 4.90 Å². The molecule has 0 aromatic heterocycles. The maximum Gasteiger partial charge on any atom is 0.0951 e. The first kappa shape index (κ1) is 13.9. The van der Waals surface area contributed by atoms with E-state index in [0.717, 1.165) is 13.1 Å². The molecule has 0 bridgehead atoms. The van der Waals surface area contributed by atoms with Gasteiger partial charge in [0.15, 0.2) is 0 Å². The summed E-state index contributed by atoms with van der Waals surface area (Å²) in [6, 6.07) is 0. The van der Waals surface area contributed by atoms with Crippen LogP contribution in [0.15, 0.2) is 0 Å². The number of hydrogen-bond donors (Lipinski definition) is 1. The zero-order valence-corrected chi connectivity index (χ0v) is 11.0. The molecule has 1 saturated heterocycles. The molecule has 1 rings (SSSR count). The van der Waals surface area contributed by atoms with E-state index in [1.165, 1.54) is 25.7 Å². The molecule has 0 radical (unpaired) electrons. The molecule has 16 heavy (non-hydrogen) atoms. The summed E-state index contributed by atoms with van der Waals surface area (Å²) in [6.07, 6.45) is 4.77. The van der Waals surface area contributed by atoms with E-state index in [1.54, 1.807) is 0 Å². The maximum atomic E-state index is 10.2. The number of rotatable bonds is 5. The third kappa shape index (κ3) is 3.72. The molecule has 0 saturated carbocycles. The molecule has 3 nitrogen and oxygen atoms in total. The molecule has 1 heterocycles. The molecule has 0 aliphatic carbocycles. The molecular weight excluding hydrogens is 202 g/mol. The average molecular weight is 229 g/mol. The van der Waals surface area contributed by atoms with Crippen molar-refractivity contribution in [1.29, 1.82) is 0 Å². The number of ether oxygens (including phenoxy) is 1. The number of aliphatic hydroxyl groups excluding tert-OH is 1. The van der Waals surface area contributed by atoms with Crippen LogP contribution in [-0.2, 0) is 4.74 Å². The van der Waals surface area contributed by atoms with Gasteiger partial charge < -0.3 is 9.84 Å². The number of aliphatic hydroxyl groups is 1. The van der Waals surface area contributed by atoms with Crippen molar-refractivity contribution in [2.75, 3.05) is 26.3 Å². The second-order valence-corrected chi connectivity index (χ2v) is 5.23. The summed E-state index contributed by atoms with van der Waals surface area (Å²) in [6.45, 7) is 9.55. The van der Waals surface area contributed by atoms with E-state index in [1.807, 2.05) is 6.92 Å². The van der Waals surface area contributed by atoms with Crippen LogP contribution >= 0.6 is 0 Å². The van der Waals surface area contributed by atoms with Crippen LogP contribution < -0.4 is 0 Å². The Hall–Kier alpha value is -0.120. The second-order valence-electron chi connectivity index (χ2n) is 5.23. The molecule has 1 aliphatic rings. The van der Waals surface area contributed by atoms with Gasteiger partial charge in [-0.25, -0.2) is 0 Å². The Morgan fingerprint density at radius 2 is 1.75 bits per heavy atom. The van der Waals surface area contributed by atoms with Crippen molar-refractivity contribution in [2.45, 2.75) is 58.1 Å². The van der Waals surface area contributed by atoms with Crippen molar-refractivity contribution in [2.24, 2.45) is 0 Å². The molecule has 0 spiro atoms. The predicted molar refractivity (Wildman–Crippen MR) is 66.6 cm³/mol. The topological polar surface area (TPSA) is 32.7 Å². The van der Waals surface area contributed by atoms with Gasteiger partial charge in [0.2, 0.25) is 0 Å². The first-order chi connectivity index (χ1) is 7.59. The largest absolute Gasteiger partial charge is 0.389 e. The zero-order chi connectivity index (χ0) is 12.0. The lowest BCUT2D eigenvalue weighted by atomic mass is 9.95. The summed E-state index contributed by atoms with van der Waals surface area (Å²) in [7, 11) is 0. The minimum atomic E-state index is -0.398. The Kier molecular flexibility index (Phi) is 5.73. The Morgan fingerprint density at radius 3 is 2.25 bits per heavy atom. The Labute approximate surface area is 99.8 Å². The lowest BCUT2D eigenvalue weighted by molar-refractivity contribution is -0.0543. The predicted octanol–water partition coefficient (Wildman–Crippen LogP) is 2.04. The maximum absolute atomic E-state index is 10.2. The summed E-state index contributed by atoms with van der Waals surface area (Å²) in [5.74, 6) is 0. The summed E-state index contributed by atoms with van der Waals surface area (Å²) in [5.41, 5.74) is -0.167. The van der Waals surface area contributed by atoms with E-state index >= 15 is 0 Å². The summed E-state index contributed by atoms with van der Waals surface area (Å²) >= 11 is 0. The Bertz CT molecular complexity index is 186. The lowest BCUT2D eigenvalue weighted by Crippen LogP contribution is -2.54. The molecule has 1 aliphatic heterocycles. The van der Waals surface area contributed by atoms with Crippen LogP contribution in [0.3, 0.4) is 0 Å². The molecule has 1 atom stereocenters. The van der Waals surface area contributed by atoms with Gasteiger partial charge in [0.25, 0.3) is 0 Å². The number of likely N-dealkylation sites (tertiary alicyclic amines) is 1. The van der Waals surface area contributed by atoms with E-state index in [4.69, 9.17) is 4.74 Å². The van der Waals surface area contributed by atoms with E-state index in [-0.39, 0.29) is 5.54 Å². The normalized spacial score (nSPS) is 21.8. The molecule has 0 amide bonds. The van der Waals surface area contributed by atoms with Gasteiger partial charge in [0.05, 0.1) is 12.7 Å². The van der Waals surface area contributed by atoms with Gasteiger partial charge in [0, 0.05) is 12.1 Å². The van der Waals surface area contributed by atoms with Gasteiger partial charge in [-0.2, -0.15) is 0 Å². The van der Waals surface area contributed by atoms with E-state index < -0.39 is 6.10 Å². The monoisotopic (exact) mass is 229 g/mol. The third-order valence-corrected chi connectivity index (χ3v) is 3.72. The van der Waals surface area contributed by atoms with Crippen molar-refractivity contribution in [3.05, 3.63) is 0 Å². The highest BCUT2D eigenvalue weighted by molar-refractivity contribution is 4.89.